The molecule has 0 amide bonds. The fourth-order valence-corrected chi connectivity index (χ4v) is 3.24. The zero-order chi connectivity index (χ0) is 11.6. The molecule has 1 spiro atoms. The molecule has 3 rings (SSSR count). The van der Waals surface area contributed by atoms with Crippen molar-refractivity contribution >= 4 is 5.84 Å². The number of rotatable bonds is 0. The number of hydrogen-bond acceptors (Lipinski definition) is 5. The van der Waals surface area contributed by atoms with Crippen LogP contribution in [-0.4, -0.2) is 25.0 Å². The quantitative estimate of drug-likeness (QED) is 0.481. The molecule has 6 nitrogen and oxygen atoms in total. The van der Waals surface area contributed by atoms with Crippen molar-refractivity contribution in [2.45, 2.75) is 12.8 Å². The third-order valence-electron chi connectivity index (χ3n) is 4.13. The number of nitriles is 2. The monoisotopic (exact) mass is 219 g/mol. The highest BCUT2D eigenvalue weighted by atomic mass is 16.8. The highest BCUT2D eigenvalue weighted by Gasteiger charge is 2.95. The minimum Gasteiger partial charge on any atom is -0.311 e. The fraction of sp³-hybridized carbons (Fsp3) is 0.700. The summed E-state index contributed by atoms with van der Waals surface area (Å²) in [5, 5.41) is 18.7. The van der Waals surface area contributed by atoms with Gasteiger partial charge in [0.2, 0.25) is 0 Å². The maximum absolute atomic E-state index is 9.41. The van der Waals surface area contributed by atoms with Crippen molar-refractivity contribution in [2.75, 3.05) is 13.2 Å². The van der Waals surface area contributed by atoms with Crippen molar-refractivity contribution in [1.82, 2.24) is 0 Å². The first-order valence-electron chi connectivity index (χ1n) is 5.13. The van der Waals surface area contributed by atoms with Crippen LogP contribution in [0.3, 0.4) is 0 Å². The molecule has 2 heterocycles. The molecule has 2 aliphatic heterocycles. The van der Waals surface area contributed by atoms with Gasteiger partial charge < -0.3 is 9.47 Å². The van der Waals surface area contributed by atoms with Crippen LogP contribution in [0.4, 0.5) is 0 Å². The van der Waals surface area contributed by atoms with Crippen molar-refractivity contribution in [3.05, 3.63) is 0 Å². The Balaban J connectivity index is 2.22. The van der Waals surface area contributed by atoms with Gasteiger partial charge in [-0.15, -0.1) is 0 Å². The second-order valence-electron chi connectivity index (χ2n) is 4.41. The van der Waals surface area contributed by atoms with Gasteiger partial charge in [0.1, 0.15) is 0 Å². The summed E-state index contributed by atoms with van der Waals surface area (Å²) in [5.74, 6) is -1.12. The molecule has 2 fully saturated rings. The zero-order valence-electron chi connectivity index (χ0n) is 8.78. The minimum absolute atomic E-state index is 0.186. The molecule has 0 unspecified atom stereocenters. The molecule has 3 aliphatic rings. The summed E-state index contributed by atoms with van der Waals surface area (Å²) < 4.78 is 11.0. The van der Waals surface area contributed by atoms with Crippen LogP contribution in [0.1, 0.15) is 6.92 Å². The van der Waals surface area contributed by atoms with Crippen LogP contribution in [0.25, 0.3) is 0 Å². The van der Waals surface area contributed by atoms with Crippen LogP contribution in [0, 0.1) is 39.4 Å². The number of nitrogens with one attached hydrogen (secondary N) is 1. The van der Waals surface area contributed by atoms with E-state index in [-0.39, 0.29) is 11.8 Å². The lowest BCUT2D eigenvalue weighted by Gasteiger charge is -2.22. The molecule has 3 atom stereocenters. The molecule has 0 aromatic rings. The van der Waals surface area contributed by atoms with Gasteiger partial charge in [0, 0.05) is 5.92 Å². The molecule has 3 N–H and O–H groups in total. The molecular weight excluding hydrogens is 208 g/mol. The Morgan fingerprint density at radius 3 is 2.44 bits per heavy atom. The molecule has 16 heavy (non-hydrogen) atoms. The Morgan fingerprint density at radius 1 is 1.38 bits per heavy atom. The standard InChI is InChI=1S/C10H10N4O2/c1-6-8(4-11)7(13)14-10(9(6,8)5-12)15-2-3-16-10/h6H,2-3H2,1H3,(H2,13,14)/p+1/t6-,8+,9+/m0/s1. The summed E-state index contributed by atoms with van der Waals surface area (Å²) in [6, 6.07) is 4.33. The van der Waals surface area contributed by atoms with Crippen molar-refractivity contribution in [2.24, 2.45) is 22.5 Å². The summed E-state index contributed by atoms with van der Waals surface area (Å²) >= 11 is 0. The molecule has 0 radical (unpaired) electrons. The largest absolute Gasteiger partial charge is 0.343 e. The van der Waals surface area contributed by atoms with E-state index in [0.29, 0.717) is 13.2 Å². The van der Waals surface area contributed by atoms with Gasteiger partial charge in [0.15, 0.2) is 10.8 Å². The number of nitrogens with zero attached hydrogens (tertiary/aromatic N) is 2. The molecule has 82 valence electrons. The Bertz CT molecular complexity index is 482. The van der Waals surface area contributed by atoms with E-state index in [0.717, 1.165) is 0 Å². The summed E-state index contributed by atoms with van der Waals surface area (Å²) in [6.45, 7) is 2.63. The van der Waals surface area contributed by atoms with Crippen LogP contribution in [0.2, 0.25) is 0 Å². The highest BCUT2D eigenvalue weighted by molar-refractivity contribution is 5.93. The number of nitrogens with two attached hydrogens (primary N) is 1. The first kappa shape index (κ1) is 9.59. The molecule has 0 aromatic heterocycles. The van der Waals surface area contributed by atoms with E-state index >= 15 is 0 Å². The Labute approximate surface area is 92.3 Å². The van der Waals surface area contributed by atoms with Crippen LogP contribution in [0.5, 0.6) is 0 Å². The lowest BCUT2D eigenvalue weighted by atomic mass is 9.94. The molecule has 6 heteroatoms. The average Bonchev–Trinajstić information content (AvgIpc) is 2.61. The van der Waals surface area contributed by atoms with Gasteiger partial charge in [-0.3, -0.25) is 5.73 Å². The maximum atomic E-state index is 9.41. The lowest BCUT2D eigenvalue weighted by Crippen LogP contribution is -2.90. The maximum Gasteiger partial charge on any atom is 0.343 e. The summed E-state index contributed by atoms with van der Waals surface area (Å²) in [5.41, 5.74) is 3.84. The number of amidine groups is 1. The van der Waals surface area contributed by atoms with E-state index in [4.69, 9.17) is 15.2 Å². The van der Waals surface area contributed by atoms with Gasteiger partial charge in [-0.25, -0.2) is 4.99 Å². The van der Waals surface area contributed by atoms with Gasteiger partial charge in [0.05, 0.1) is 25.4 Å². The lowest BCUT2D eigenvalue weighted by molar-refractivity contribution is -0.677. The zero-order valence-corrected chi connectivity index (χ0v) is 8.78. The van der Waals surface area contributed by atoms with Gasteiger partial charge in [0.25, 0.3) is 5.84 Å². The van der Waals surface area contributed by atoms with Crippen molar-refractivity contribution in [3.63, 3.8) is 0 Å². The second-order valence-corrected chi connectivity index (χ2v) is 4.41. The topological polar surface area (TPSA) is 106 Å². The summed E-state index contributed by atoms with van der Waals surface area (Å²) in [6.07, 6.45) is 0. The van der Waals surface area contributed by atoms with E-state index in [1.54, 1.807) is 0 Å². The smallest absolute Gasteiger partial charge is 0.311 e. The minimum atomic E-state index is -1.22. The first-order chi connectivity index (χ1) is 7.61. The molecule has 0 bridgehead atoms. The van der Waals surface area contributed by atoms with Crippen molar-refractivity contribution < 1.29 is 14.5 Å². The van der Waals surface area contributed by atoms with E-state index in [2.05, 4.69) is 17.1 Å². The third-order valence-corrected chi connectivity index (χ3v) is 4.13. The molecular formula is C10H11N4O2+. The normalized spacial score (nSPS) is 46.9. The number of ether oxygens (including phenoxy) is 2. The molecule has 1 saturated carbocycles. The van der Waals surface area contributed by atoms with E-state index in [9.17, 15) is 10.5 Å². The van der Waals surface area contributed by atoms with E-state index in [1.807, 2.05) is 6.92 Å². The SMILES string of the molecule is C[C@H]1[C@]2(C#N)C(N)=[NH+]C3(OCCO3)[C@]12C#N. The first-order valence-corrected chi connectivity index (χ1v) is 5.13. The Hall–Kier alpha value is -1.63. The van der Waals surface area contributed by atoms with Gasteiger partial charge >= 0.3 is 5.91 Å². The molecule has 1 saturated heterocycles. The van der Waals surface area contributed by atoms with Gasteiger partial charge in [-0.05, 0) is 0 Å². The van der Waals surface area contributed by atoms with Crippen LogP contribution < -0.4 is 10.7 Å². The average molecular weight is 219 g/mol. The number of hydrogen-bond donors (Lipinski definition) is 2. The Morgan fingerprint density at radius 2 is 2.00 bits per heavy atom. The van der Waals surface area contributed by atoms with Crippen molar-refractivity contribution in [3.8, 4) is 12.1 Å². The van der Waals surface area contributed by atoms with Gasteiger partial charge in [-0.2, -0.15) is 10.5 Å². The predicted molar refractivity (Wildman–Crippen MR) is 50.0 cm³/mol. The summed E-state index contributed by atoms with van der Waals surface area (Å²) in [7, 11) is 0. The fourth-order valence-electron chi connectivity index (χ4n) is 3.24. The van der Waals surface area contributed by atoms with Crippen LogP contribution >= 0.6 is 0 Å². The Kier molecular flexibility index (Phi) is 1.42. The van der Waals surface area contributed by atoms with Gasteiger partial charge in [-0.1, -0.05) is 6.92 Å². The second kappa shape index (κ2) is 2.37. The van der Waals surface area contributed by atoms with Crippen molar-refractivity contribution in [1.29, 1.82) is 10.5 Å². The van der Waals surface area contributed by atoms with E-state index < -0.39 is 16.7 Å². The molecule has 1 aliphatic carbocycles. The van der Waals surface area contributed by atoms with E-state index in [1.165, 1.54) is 0 Å². The molecule has 0 aromatic carbocycles. The van der Waals surface area contributed by atoms with Crippen LogP contribution in [-0.2, 0) is 9.47 Å². The third kappa shape index (κ3) is 0.583. The predicted octanol–water partition coefficient (Wildman–Crippen LogP) is -2.19. The highest BCUT2D eigenvalue weighted by Crippen LogP contribution is 2.74. The summed E-state index contributed by atoms with van der Waals surface area (Å²) in [4.78, 5) is 2.85. The van der Waals surface area contributed by atoms with Crippen LogP contribution in [0.15, 0.2) is 0 Å². The number of fused-ring (bicyclic) bond motifs is 2.